The van der Waals surface area contributed by atoms with Gasteiger partial charge in [-0.25, -0.2) is 0 Å². The van der Waals surface area contributed by atoms with Crippen LogP contribution in [0.1, 0.15) is 6.92 Å². The molecule has 0 saturated carbocycles. The molecule has 0 aromatic carbocycles. The zero-order valence-corrected chi connectivity index (χ0v) is 10.1. The first-order valence-electron chi connectivity index (χ1n) is 4.31. The van der Waals surface area contributed by atoms with Gasteiger partial charge < -0.3 is 25.2 Å². The van der Waals surface area contributed by atoms with Crippen LogP contribution in [-0.2, 0) is 27.2 Å². The molecular formula is C8H18AgNO5. The van der Waals surface area contributed by atoms with Crippen molar-refractivity contribution in [2.75, 3.05) is 39.5 Å². The third-order valence-corrected chi connectivity index (χ3v) is 1.25. The molecule has 3 N–H and O–H groups in total. The minimum Gasteiger partial charge on any atom is -0.550 e. The Morgan fingerprint density at radius 3 is 1.40 bits per heavy atom. The third-order valence-electron chi connectivity index (χ3n) is 1.25. The van der Waals surface area contributed by atoms with Crippen LogP contribution in [0.5, 0.6) is 0 Å². The molecule has 6 nitrogen and oxygen atoms in total. The summed E-state index contributed by atoms with van der Waals surface area (Å²) in [6, 6.07) is 0. The first kappa shape index (κ1) is 20.5. The Morgan fingerprint density at radius 1 is 1.07 bits per heavy atom. The molecule has 0 radical (unpaired) electrons. The van der Waals surface area contributed by atoms with Crippen molar-refractivity contribution < 1.29 is 47.6 Å². The van der Waals surface area contributed by atoms with E-state index in [1.165, 1.54) is 0 Å². The third kappa shape index (κ3) is 24.9. The summed E-state index contributed by atoms with van der Waals surface area (Å²) >= 11 is 0. The number of aliphatic hydroxyl groups is 3. The Labute approximate surface area is 105 Å². The first-order valence-corrected chi connectivity index (χ1v) is 4.31. The fraction of sp³-hybridized carbons (Fsp3) is 0.875. The van der Waals surface area contributed by atoms with Crippen LogP contribution in [0.15, 0.2) is 0 Å². The van der Waals surface area contributed by atoms with Gasteiger partial charge in [0, 0.05) is 25.6 Å². The molecule has 0 unspecified atom stereocenters. The van der Waals surface area contributed by atoms with Crippen LogP contribution >= 0.6 is 0 Å². The molecule has 0 aliphatic heterocycles. The largest absolute Gasteiger partial charge is 1.00 e. The van der Waals surface area contributed by atoms with Crippen molar-refractivity contribution in [3.05, 3.63) is 0 Å². The van der Waals surface area contributed by atoms with E-state index in [9.17, 15) is 0 Å². The number of carboxylic acid groups (broad SMARTS) is 1. The van der Waals surface area contributed by atoms with E-state index in [4.69, 9.17) is 25.2 Å². The fourth-order valence-electron chi connectivity index (χ4n) is 0.760. The molecule has 0 rings (SSSR count). The molecule has 15 heavy (non-hydrogen) atoms. The standard InChI is InChI=1S/C6H15NO3.C2H4O2.Ag/c8-4-1-7(2-5-9)3-6-10;1-2(3)4;/h8-10H,1-6H2;1H3,(H,3,4);/q;;+1/p-1. The van der Waals surface area contributed by atoms with Crippen LogP contribution in [0.4, 0.5) is 0 Å². The number of nitrogens with zero attached hydrogens (tertiary/aromatic N) is 1. The van der Waals surface area contributed by atoms with E-state index in [2.05, 4.69) is 0 Å². The van der Waals surface area contributed by atoms with E-state index in [1.807, 2.05) is 0 Å². The molecular weight excluding hydrogens is 298 g/mol. The maximum absolute atomic E-state index is 8.89. The molecule has 0 atom stereocenters. The zero-order chi connectivity index (χ0) is 11.4. The van der Waals surface area contributed by atoms with Crippen molar-refractivity contribution in [3.8, 4) is 0 Å². The molecule has 0 spiro atoms. The molecule has 7 heteroatoms. The number of carbonyl (C=O) groups is 1. The second kappa shape index (κ2) is 16.5. The second-order valence-electron chi connectivity index (χ2n) is 2.50. The number of hydrogen-bond acceptors (Lipinski definition) is 6. The summed E-state index contributed by atoms with van der Waals surface area (Å²) in [6.45, 7) is 2.73. The van der Waals surface area contributed by atoms with Crippen LogP contribution in [0, 0.1) is 0 Å². The van der Waals surface area contributed by atoms with E-state index in [-0.39, 0.29) is 42.2 Å². The number of rotatable bonds is 6. The van der Waals surface area contributed by atoms with Crippen molar-refractivity contribution >= 4 is 5.97 Å². The van der Waals surface area contributed by atoms with Crippen LogP contribution in [-0.4, -0.2) is 65.6 Å². The predicted molar refractivity (Wildman–Crippen MR) is 48.4 cm³/mol. The molecule has 0 amide bonds. The second-order valence-corrected chi connectivity index (χ2v) is 2.50. The van der Waals surface area contributed by atoms with Gasteiger partial charge in [-0.1, -0.05) is 0 Å². The van der Waals surface area contributed by atoms with Crippen molar-refractivity contribution in [1.29, 1.82) is 0 Å². The number of aliphatic hydroxyl groups excluding tert-OH is 3. The van der Waals surface area contributed by atoms with Crippen LogP contribution in [0.2, 0.25) is 0 Å². The number of carboxylic acids is 1. The normalized spacial score (nSPS) is 8.87. The summed E-state index contributed by atoms with van der Waals surface area (Å²) in [5, 5.41) is 34.3. The topological polar surface area (TPSA) is 104 Å². The molecule has 0 saturated heterocycles. The molecule has 0 aliphatic rings. The zero-order valence-electron chi connectivity index (χ0n) is 8.65. The maximum atomic E-state index is 8.89. The van der Waals surface area contributed by atoms with Crippen molar-refractivity contribution in [2.45, 2.75) is 6.92 Å². The Morgan fingerprint density at radius 2 is 1.27 bits per heavy atom. The summed E-state index contributed by atoms with van der Waals surface area (Å²) in [5.41, 5.74) is 0. The smallest absolute Gasteiger partial charge is 0.550 e. The predicted octanol–water partition coefficient (Wildman–Crippen LogP) is -2.98. The van der Waals surface area contributed by atoms with Crippen LogP contribution < -0.4 is 5.11 Å². The minimum atomic E-state index is -1.08. The Kier molecular flexibility index (Phi) is 22.5. The van der Waals surface area contributed by atoms with E-state index >= 15 is 0 Å². The molecule has 0 heterocycles. The van der Waals surface area contributed by atoms with Crippen molar-refractivity contribution in [3.63, 3.8) is 0 Å². The Bertz CT molecular complexity index is 118. The SMILES string of the molecule is CC(=O)[O-].OCCN(CCO)CCO.[Ag+]. The van der Waals surface area contributed by atoms with E-state index in [0.29, 0.717) is 19.6 Å². The average molecular weight is 316 g/mol. The fourth-order valence-corrected chi connectivity index (χ4v) is 0.760. The average Bonchev–Trinajstić information content (AvgIpc) is 2.04. The summed E-state index contributed by atoms with van der Waals surface area (Å²) in [7, 11) is 0. The van der Waals surface area contributed by atoms with E-state index in [1.54, 1.807) is 4.90 Å². The number of aliphatic carboxylic acids is 1. The van der Waals surface area contributed by atoms with Gasteiger partial charge in [0.15, 0.2) is 0 Å². The van der Waals surface area contributed by atoms with E-state index in [0.717, 1.165) is 6.92 Å². The summed E-state index contributed by atoms with van der Waals surface area (Å²) in [6.07, 6.45) is 0. The summed E-state index contributed by atoms with van der Waals surface area (Å²) in [4.78, 5) is 10.7. The van der Waals surface area contributed by atoms with Gasteiger partial charge in [-0.2, -0.15) is 0 Å². The number of carbonyl (C=O) groups excluding carboxylic acids is 1. The van der Waals surface area contributed by atoms with Gasteiger partial charge in [-0.3, -0.25) is 4.90 Å². The minimum absolute atomic E-state index is 0. The van der Waals surface area contributed by atoms with E-state index < -0.39 is 5.97 Å². The Hall–Kier alpha value is 0.0503. The number of hydrogen-bond donors (Lipinski definition) is 3. The van der Waals surface area contributed by atoms with Gasteiger partial charge in [-0.15, -0.1) is 0 Å². The quantitative estimate of drug-likeness (QED) is 0.452. The van der Waals surface area contributed by atoms with Gasteiger partial charge in [-0.05, 0) is 6.92 Å². The first-order chi connectivity index (χ1) is 6.58. The van der Waals surface area contributed by atoms with Crippen molar-refractivity contribution in [1.82, 2.24) is 4.90 Å². The van der Waals surface area contributed by atoms with Crippen molar-refractivity contribution in [2.24, 2.45) is 0 Å². The van der Waals surface area contributed by atoms with Gasteiger partial charge in [0.05, 0.1) is 19.8 Å². The molecule has 0 aromatic rings. The van der Waals surface area contributed by atoms with Gasteiger partial charge in [0.2, 0.25) is 0 Å². The Balaban J connectivity index is -0.000000249. The van der Waals surface area contributed by atoms with Gasteiger partial charge >= 0.3 is 22.4 Å². The molecule has 0 bridgehead atoms. The molecule has 0 aliphatic carbocycles. The summed E-state index contributed by atoms with van der Waals surface area (Å²) < 4.78 is 0. The summed E-state index contributed by atoms with van der Waals surface area (Å²) in [5.74, 6) is -1.08. The van der Waals surface area contributed by atoms with Gasteiger partial charge in [0.25, 0.3) is 0 Å². The van der Waals surface area contributed by atoms with Crippen LogP contribution in [0.25, 0.3) is 0 Å². The molecule has 96 valence electrons. The molecule has 0 aromatic heterocycles. The monoisotopic (exact) mass is 315 g/mol. The van der Waals surface area contributed by atoms with Gasteiger partial charge in [0.1, 0.15) is 0 Å². The van der Waals surface area contributed by atoms with Crippen LogP contribution in [0.3, 0.4) is 0 Å². The maximum Gasteiger partial charge on any atom is 1.00 e. The molecule has 0 fully saturated rings.